The summed E-state index contributed by atoms with van der Waals surface area (Å²) in [5.74, 6) is -1.49. The Bertz CT molecular complexity index is 501. The molecule has 3 N–H and O–H groups in total. The van der Waals surface area contributed by atoms with E-state index in [1.807, 2.05) is 0 Å². The van der Waals surface area contributed by atoms with Crippen LogP contribution in [0, 0.1) is 5.82 Å². The fraction of sp³-hybridized carbons (Fsp3) is 0.429. The molecule has 20 heavy (non-hydrogen) atoms. The number of carbonyl (C=O) groups excluding carboxylic acids is 2. The van der Waals surface area contributed by atoms with Crippen molar-refractivity contribution in [1.82, 2.24) is 5.32 Å². The van der Waals surface area contributed by atoms with E-state index in [9.17, 15) is 14.0 Å². The molecule has 1 aliphatic rings. The van der Waals surface area contributed by atoms with E-state index in [1.54, 1.807) is 18.2 Å². The molecule has 5 nitrogen and oxygen atoms in total. The molecule has 1 aromatic rings. The Hall–Kier alpha value is -1.95. The highest BCUT2D eigenvalue weighted by Crippen LogP contribution is 2.13. The van der Waals surface area contributed by atoms with Crippen molar-refractivity contribution in [3.63, 3.8) is 0 Å². The van der Waals surface area contributed by atoms with E-state index in [-0.39, 0.29) is 12.3 Å². The number of hydrogen-bond acceptors (Lipinski definition) is 3. The Balaban J connectivity index is 2.02. The smallest absolute Gasteiger partial charge is 0.249 e. The molecule has 1 heterocycles. The Morgan fingerprint density at radius 2 is 2.20 bits per heavy atom. The molecule has 2 amide bonds. The average molecular weight is 280 g/mol. The zero-order valence-electron chi connectivity index (χ0n) is 11.0. The molecule has 0 aliphatic carbocycles. The summed E-state index contributed by atoms with van der Waals surface area (Å²) in [6, 6.07) is 5.14. The highest BCUT2D eigenvalue weighted by atomic mass is 19.1. The van der Waals surface area contributed by atoms with Crippen LogP contribution in [0.15, 0.2) is 24.3 Å². The van der Waals surface area contributed by atoms with Crippen molar-refractivity contribution in [3.8, 4) is 0 Å². The lowest BCUT2D eigenvalue weighted by molar-refractivity contribution is -0.133. The standard InChI is InChI=1S/C14H17FN2O3/c15-10-5-2-1-4-9(10)8-11(13(16)18)17-14(19)12-6-3-7-20-12/h1-2,4-5,11-12H,3,6-8H2,(H2,16,18)(H,17,19)/t11-,12+/m0/s1. The molecule has 2 atom stereocenters. The largest absolute Gasteiger partial charge is 0.368 e. The summed E-state index contributed by atoms with van der Waals surface area (Å²) in [6.45, 7) is 0.534. The van der Waals surface area contributed by atoms with Gasteiger partial charge in [-0.15, -0.1) is 0 Å². The van der Waals surface area contributed by atoms with Gasteiger partial charge in [0.05, 0.1) is 0 Å². The van der Waals surface area contributed by atoms with Gasteiger partial charge < -0.3 is 15.8 Å². The quantitative estimate of drug-likeness (QED) is 0.825. The summed E-state index contributed by atoms with van der Waals surface area (Å²) >= 11 is 0. The van der Waals surface area contributed by atoms with E-state index in [2.05, 4.69) is 5.32 Å². The van der Waals surface area contributed by atoms with Crippen molar-refractivity contribution < 1.29 is 18.7 Å². The summed E-state index contributed by atoms with van der Waals surface area (Å²) in [6.07, 6.45) is 0.918. The van der Waals surface area contributed by atoms with Crippen molar-refractivity contribution in [2.45, 2.75) is 31.4 Å². The minimum absolute atomic E-state index is 0.0282. The van der Waals surface area contributed by atoms with Crippen molar-refractivity contribution in [3.05, 3.63) is 35.6 Å². The molecule has 2 rings (SSSR count). The van der Waals surface area contributed by atoms with Crippen LogP contribution in [0.3, 0.4) is 0 Å². The molecule has 0 aromatic heterocycles. The van der Waals surface area contributed by atoms with Crippen LogP contribution in [-0.4, -0.2) is 30.6 Å². The molecule has 1 aromatic carbocycles. The molecule has 0 spiro atoms. The maximum atomic E-state index is 13.6. The molecule has 108 valence electrons. The monoisotopic (exact) mass is 280 g/mol. The minimum Gasteiger partial charge on any atom is -0.368 e. The second-order valence-electron chi connectivity index (χ2n) is 4.76. The zero-order valence-corrected chi connectivity index (χ0v) is 11.0. The van der Waals surface area contributed by atoms with Gasteiger partial charge in [-0.1, -0.05) is 18.2 Å². The Morgan fingerprint density at radius 1 is 1.45 bits per heavy atom. The molecule has 0 unspecified atom stereocenters. The lowest BCUT2D eigenvalue weighted by atomic mass is 10.0. The number of nitrogens with two attached hydrogens (primary N) is 1. The Kier molecular flexibility index (Phi) is 4.68. The number of nitrogens with one attached hydrogen (secondary N) is 1. The van der Waals surface area contributed by atoms with E-state index < -0.39 is 23.9 Å². The van der Waals surface area contributed by atoms with Crippen LogP contribution in [0.5, 0.6) is 0 Å². The van der Waals surface area contributed by atoms with Gasteiger partial charge in [0.1, 0.15) is 18.0 Å². The van der Waals surface area contributed by atoms with Crippen molar-refractivity contribution in [2.75, 3.05) is 6.61 Å². The first kappa shape index (κ1) is 14.5. The molecular weight excluding hydrogens is 263 g/mol. The number of rotatable bonds is 5. The minimum atomic E-state index is -0.941. The number of ether oxygens (including phenoxy) is 1. The van der Waals surface area contributed by atoms with Crippen molar-refractivity contribution in [1.29, 1.82) is 0 Å². The summed E-state index contributed by atoms with van der Waals surface area (Å²) in [4.78, 5) is 23.3. The lowest BCUT2D eigenvalue weighted by Crippen LogP contribution is -2.49. The summed E-state index contributed by atoms with van der Waals surface area (Å²) in [5, 5.41) is 2.53. The number of halogens is 1. The zero-order chi connectivity index (χ0) is 14.5. The number of hydrogen-bond donors (Lipinski definition) is 2. The second kappa shape index (κ2) is 6.47. The van der Waals surface area contributed by atoms with Gasteiger partial charge in [-0.05, 0) is 24.5 Å². The highest BCUT2D eigenvalue weighted by Gasteiger charge is 2.27. The van der Waals surface area contributed by atoms with Gasteiger partial charge >= 0.3 is 0 Å². The fourth-order valence-corrected chi connectivity index (χ4v) is 2.16. The predicted molar refractivity (Wildman–Crippen MR) is 70.2 cm³/mol. The highest BCUT2D eigenvalue weighted by molar-refractivity contribution is 5.88. The van der Waals surface area contributed by atoms with Gasteiger partial charge in [-0.25, -0.2) is 4.39 Å². The topological polar surface area (TPSA) is 81.4 Å². The third kappa shape index (κ3) is 3.54. The molecule has 0 saturated carbocycles. The predicted octanol–water partition coefficient (Wildman–Crippen LogP) is 0.517. The van der Waals surface area contributed by atoms with Gasteiger partial charge in [-0.2, -0.15) is 0 Å². The molecule has 0 bridgehead atoms. The van der Waals surface area contributed by atoms with Crippen LogP contribution in [0.1, 0.15) is 18.4 Å². The van der Waals surface area contributed by atoms with Gasteiger partial charge in [-0.3, -0.25) is 9.59 Å². The van der Waals surface area contributed by atoms with Gasteiger partial charge in [0.2, 0.25) is 11.8 Å². The van der Waals surface area contributed by atoms with E-state index in [0.29, 0.717) is 18.6 Å². The maximum Gasteiger partial charge on any atom is 0.249 e. The molecule has 1 saturated heterocycles. The molecule has 0 radical (unpaired) electrons. The van der Waals surface area contributed by atoms with E-state index in [0.717, 1.165) is 6.42 Å². The van der Waals surface area contributed by atoms with Crippen molar-refractivity contribution >= 4 is 11.8 Å². The number of amides is 2. The summed E-state index contributed by atoms with van der Waals surface area (Å²) in [5.41, 5.74) is 5.60. The van der Waals surface area contributed by atoms with Crippen LogP contribution in [0.2, 0.25) is 0 Å². The third-order valence-electron chi connectivity index (χ3n) is 3.26. The number of primary amides is 1. The van der Waals surface area contributed by atoms with Crippen LogP contribution >= 0.6 is 0 Å². The first-order chi connectivity index (χ1) is 9.58. The first-order valence-electron chi connectivity index (χ1n) is 6.52. The maximum absolute atomic E-state index is 13.6. The first-order valence-corrected chi connectivity index (χ1v) is 6.52. The normalized spacial score (nSPS) is 19.6. The molecular formula is C14H17FN2O3. The number of benzene rings is 1. The van der Waals surface area contributed by atoms with Crippen LogP contribution in [0.25, 0.3) is 0 Å². The van der Waals surface area contributed by atoms with E-state index in [4.69, 9.17) is 10.5 Å². The van der Waals surface area contributed by atoms with Crippen LogP contribution < -0.4 is 11.1 Å². The van der Waals surface area contributed by atoms with Crippen LogP contribution in [0.4, 0.5) is 4.39 Å². The Labute approximate surface area is 116 Å². The van der Waals surface area contributed by atoms with E-state index in [1.165, 1.54) is 6.07 Å². The molecule has 1 fully saturated rings. The fourth-order valence-electron chi connectivity index (χ4n) is 2.16. The second-order valence-corrected chi connectivity index (χ2v) is 4.76. The van der Waals surface area contributed by atoms with Gasteiger partial charge in [0, 0.05) is 13.0 Å². The van der Waals surface area contributed by atoms with Crippen molar-refractivity contribution in [2.24, 2.45) is 5.73 Å². The summed E-state index contributed by atoms with van der Waals surface area (Å²) in [7, 11) is 0. The van der Waals surface area contributed by atoms with Crippen LogP contribution in [-0.2, 0) is 20.7 Å². The molecule has 6 heteroatoms. The van der Waals surface area contributed by atoms with E-state index >= 15 is 0 Å². The molecule has 1 aliphatic heterocycles. The third-order valence-corrected chi connectivity index (χ3v) is 3.26. The van der Waals surface area contributed by atoms with Gasteiger partial charge in [0.15, 0.2) is 0 Å². The Morgan fingerprint density at radius 3 is 2.80 bits per heavy atom. The summed E-state index contributed by atoms with van der Waals surface area (Å²) < 4.78 is 18.8. The SMILES string of the molecule is NC(=O)[C@H](Cc1ccccc1F)NC(=O)[C@H]1CCCO1. The average Bonchev–Trinajstić information content (AvgIpc) is 2.94. The van der Waals surface area contributed by atoms with Gasteiger partial charge in [0.25, 0.3) is 0 Å². The number of carbonyl (C=O) groups is 2. The lowest BCUT2D eigenvalue weighted by Gasteiger charge is -2.18.